The van der Waals surface area contributed by atoms with Gasteiger partial charge in [0.1, 0.15) is 11.6 Å². The highest BCUT2D eigenvalue weighted by atomic mass is 16.3. The number of pyridine rings is 1. The van der Waals surface area contributed by atoms with Crippen molar-refractivity contribution < 1.29 is 5.11 Å². The van der Waals surface area contributed by atoms with Crippen LogP contribution in [0.15, 0.2) is 18.2 Å². The van der Waals surface area contributed by atoms with Crippen LogP contribution >= 0.6 is 0 Å². The fourth-order valence-corrected chi connectivity index (χ4v) is 3.16. The SMILES string of the molecule is CNc1cccc(N2CC3CCC(O)C3C2)n1. The van der Waals surface area contributed by atoms with Crippen molar-refractivity contribution >= 4 is 11.6 Å². The topological polar surface area (TPSA) is 48.4 Å². The van der Waals surface area contributed by atoms with Gasteiger partial charge >= 0.3 is 0 Å². The fraction of sp³-hybridized carbons (Fsp3) is 0.615. The van der Waals surface area contributed by atoms with E-state index in [0.29, 0.717) is 11.8 Å². The summed E-state index contributed by atoms with van der Waals surface area (Å²) in [6.45, 7) is 1.99. The Morgan fingerprint density at radius 2 is 2.24 bits per heavy atom. The summed E-state index contributed by atoms with van der Waals surface area (Å²) < 4.78 is 0. The molecular formula is C13H19N3O. The second kappa shape index (κ2) is 4.18. The van der Waals surface area contributed by atoms with Gasteiger partial charge in [0.15, 0.2) is 0 Å². The molecule has 0 spiro atoms. The van der Waals surface area contributed by atoms with E-state index in [4.69, 9.17) is 0 Å². The number of hydrogen-bond donors (Lipinski definition) is 2. The number of nitrogens with zero attached hydrogens (tertiary/aromatic N) is 2. The minimum Gasteiger partial charge on any atom is -0.393 e. The van der Waals surface area contributed by atoms with Crippen LogP contribution in [0.3, 0.4) is 0 Å². The highest BCUT2D eigenvalue weighted by Gasteiger charge is 2.42. The van der Waals surface area contributed by atoms with E-state index in [0.717, 1.165) is 37.6 Å². The van der Waals surface area contributed by atoms with Crippen molar-refractivity contribution in [2.75, 3.05) is 30.4 Å². The Bertz CT molecular complexity index is 409. The summed E-state index contributed by atoms with van der Waals surface area (Å²) in [5.74, 6) is 3.04. The normalized spacial score (nSPS) is 31.6. The molecule has 4 nitrogen and oxygen atoms in total. The van der Waals surface area contributed by atoms with Crippen LogP contribution in [0.25, 0.3) is 0 Å². The number of rotatable bonds is 2. The second-order valence-corrected chi connectivity index (χ2v) is 5.10. The number of hydrogen-bond acceptors (Lipinski definition) is 4. The van der Waals surface area contributed by atoms with E-state index in [2.05, 4.69) is 15.2 Å². The van der Waals surface area contributed by atoms with Crippen LogP contribution in [0.1, 0.15) is 12.8 Å². The van der Waals surface area contributed by atoms with Gasteiger partial charge in [-0.1, -0.05) is 6.07 Å². The zero-order valence-electron chi connectivity index (χ0n) is 10.1. The molecule has 1 aliphatic heterocycles. The van der Waals surface area contributed by atoms with E-state index in [1.165, 1.54) is 0 Å². The molecule has 0 aromatic carbocycles. The molecule has 3 atom stereocenters. The van der Waals surface area contributed by atoms with Gasteiger partial charge in [0.05, 0.1) is 6.10 Å². The van der Waals surface area contributed by atoms with Gasteiger partial charge in [-0.25, -0.2) is 4.98 Å². The third-order valence-corrected chi connectivity index (χ3v) is 4.13. The maximum atomic E-state index is 9.91. The lowest BCUT2D eigenvalue weighted by Crippen LogP contribution is -2.25. The van der Waals surface area contributed by atoms with Gasteiger partial charge in [-0.15, -0.1) is 0 Å². The molecule has 1 saturated heterocycles. The van der Waals surface area contributed by atoms with Gasteiger partial charge < -0.3 is 15.3 Å². The molecule has 1 aromatic heterocycles. The maximum Gasteiger partial charge on any atom is 0.130 e. The average Bonchev–Trinajstić information content (AvgIpc) is 2.92. The molecule has 17 heavy (non-hydrogen) atoms. The summed E-state index contributed by atoms with van der Waals surface area (Å²) in [6, 6.07) is 6.04. The Labute approximate surface area is 102 Å². The quantitative estimate of drug-likeness (QED) is 0.809. The molecule has 0 radical (unpaired) electrons. The third kappa shape index (κ3) is 1.86. The summed E-state index contributed by atoms with van der Waals surface area (Å²) in [7, 11) is 1.88. The van der Waals surface area contributed by atoms with Crippen molar-refractivity contribution in [1.29, 1.82) is 0 Å². The highest BCUT2D eigenvalue weighted by Crippen LogP contribution is 2.39. The lowest BCUT2D eigenvalue weighted by atomic mass is 10.00. The second-order valence-electron chi connectivity index (χ2n) is 5.10. The van der Waals surface area contributed by atoms with Crippen molar-refractivity contribution in [2.24, 2.45) is 11.8 Å². The minimum atomic E-state index is -0.0996. The van der Waals surface area contributed by atoms with Gasteiger partial charge in [0.25, 0.3) is 0 Å². The standard InChI is InChI=1S/C13H19N3O/c1-14-12-3-2-4-13(15-12)16-7-9-5-6-11(17)10(9)8-16/h2-4,9-11,17H,5-8H2,1H3,(H,14,15). The number of aliphatic hydroxyl groups is 1. The van der Waals surface area contributed by atoms with Crippen molar-refractivity contribution in [2.45, 2.75) is 18.9 Å². The number of aliphatic hydroxyl groups excluding tert-OH is 1. The van der Waals surface area contributed by atoms with E-state index in [1.807, 2.05) is 25.2 Å². The summed E-state index contributed by atoms with van der Waals surface area (Å²) in [4.78, 5) is 6.86. The average molecular weight is 233 g/mol. The molecule has 2 fully saturated rings. The van der Waals surface area contributed by atoms with Gasteiger partial charge in [0.2, 0.25) is 0 Å². The Kier molecular flexibility index (Phi) is 2.67. The molecule has 0 bridgehead atoms. The smallest absolute Gasteiger partial charge is 0.130 e. The Morgan fingerprint density at radius 1 is 1.35 bits per heavy atom. The van der Waals surface area contributed by atoms with E-state index in [1.54, 1.807) is 0 Å². The lowest BCUT2D eigenvalue weighted by molar-refractivity contribution is 0.133. The fourth-order valence-electron chi connectivity index (χ4n) is 3.16. The maximum absolute atomic E-state index is 9.91. The summed E-state index contributed by atoms with van der Waals surface area (Å²) in [5, 5.41) is 13.0. The van der Waals surface area contributed by atoms with E-state index in [-0.39, 0.29) is 6.10 Å². The Balaban J connectivity index is 1.78. The Hall–Kier alpha value is -1.29. The molecule has 2 aliphatic rings. The van der Waals surface area contributed by atoms with E-state index >= 15 is 0 Å². The molecule has 2 heterocycles. The predicted molar refractivity (Wildman–Crippen MR) is 68.2 cm³/mol. The van der Waals surface area contributed by atoms with Crippen LogP contribution in [-0.4, -0.2) is 36.3 Å². The van der Waals surface area contributed by atoms with Gasteiger partial charge in [-0.3, -0.25) is 0 Å². The van der Waals surface area contributed by atoms with Crippen LogP contribution in [0.4, 0.5) is 11.6 Å². The van der Waals surface area contributed by atoms with Crippen LogP contribution in [0.2, 0.25) is 0 Å². The molecule has 4 heteroatoms. The summed E-state index contributed by atoms with van der Waals surface area (Å²) in [6.07, 6.45) is 2.04. The lowest BCUT2D eigenvalue weighted by Gasteiger charge is -2.19. The molecule has 0 amide bonds. The zero-order chi connectivity index (χ0) is 11.8. The zero-order valence-corrected chi connectivity index (χ0v) is 10.1. The van der Waals surface area contributed by atoms with Crippen molar-refractivity contribution in [1.82, 2.24) is 4.98 Å². The van der Waals surface area contributed by atoms with E-state index < -0.39 is 0 Å². The first-order chi connectivity index (χ1) is 8.28. The van der Waals surface area contributed by atoms with Crippen LogP contribution in [-0.2, 0) is 0 Å². The number of anilines is 2. The molecule has 1 aliphatic carbocycles. The molecule has 1 saturated carbocycles. The largest absolute Gasteiger partial charge is 0.393 e. The van der Waals surface area contributed by atoms with Crippen molar-refractivity contribution in [3.05, 3.63) is 18.2 Å². The van der Waals surface area contributed by atoms with E-state index in [9.17, 15) is 5.11 Å². The predicted octanol–water partition coefficient (Wildman–Crippen LogP) is 1.33. The monoisotopic (exact) mass is 233 g/mol. The van der Waals surface area contributed by atoms with Gasteiger partial charge in [0, 0.05) is 26.1 Å². The summed E-state index contributed by atoms with van der Waals surface area (Å²) >= 11 is 0. The van der Waals surface area contributed by atoms with Crippen LogP contribution < -0.4 is 10.2 Å². The first-order valence-corrected chi connectivity index (χ1v) is 6.36. The first-order valence-electron chi connectivity index (χ1n) is 6.36. The molecule has 3 unspecified atom stereocenters. The number of fused-ring (bicyclic) bond motifs is 1. The summed E-state index contributed by atoms with van der Waals surface area (Å²) in [5.41, 5.74) is 0. The molecule has 1 aromatic rings. The van der Waals surface area contributed by atoms with Crippen molar-refractivity contribution in [3.63, 3.8) is 0 Å². The number of aromatic nitrogens is 1. The minimum absolute atomic E-state index is 0.0996. The Morgan fingerprint density at radius 3 is 3.00 bits per heavy atom. The molecular weight excluding hydrogens is 214 g/mol. The molecule has 92 valence electrons. The highest BCUT2D eigenvalue weighted by molar-refractivity contribution is 5.47. The number of nitrogens with one attached hydrogen (secondary N) is 1. The first kappa shape index (κ1) is 10.8. The van der Waals surface area contributed by atoms with Gasteiger partial charge in [-0.2, -0.15) is 0 Å². The molecule has 2 N–H and O–H groups in total. The van der Waals surface area contributed by atoms with Gasteiger partial charge in [-0.05, 0) is 30.9 Å². The third-order valence-electron chi connectivity index (χ3n) is 4.13. The van der Waals surface area contributed by atoms with Crippen LogP contribution in [0, 0.1) is 11.8 Å². The van der Waals surface area contributed by atoms with Crippen molar-refractivity contribution in [3.8, 4) is 0 Å². The van der Waals surface area contributed by atoms with Crippen LogP contribution in [0.5, 0.6) is 0 Å². The molecule has 3 rings (SSSR count).